The topological polar surface area (TPSA) is 12.0 Å². The van der Waals surface area contributed by atoms with E-state index in [9.17, 15) is 0 Å². The van der Waals surface area contributed by atoms with E-state index in [1.54, 1.807) is 0 Å². The highest BCUT2D eigenvalue weighted by Crippen LogP contribution is 2.15. The first-order valence-corrected chi connectivity index (χ1v) is 6.17. The Kier molecular flexibility index (Phi) is 4.63. The summed E-state index contributed by atoms with van der Waals surface area (Å²) in [6.45, 7) is 11.2. The summed E-state index contributed by atoms with van der Waals surface area (Å²) in [6, 6.07) is 4.40. The first-order valence-electron chi connectivity index (χ1n) is 5.35. The van der Waals surface area contributed by atoms with Gasteiger partial charge in [-0.3, -0.25) is 0 Å². The molecule has 0 bridgehead atoms. The lowest BCUT2D eigenvalue weighted by molar-refractivity contribution is 0.393. The number of hydrogen-bond acceptors (Lipinski definition) is 2. The van der Waals surface area contributed by atoms with E-state index in [-0.39, 0.29) is 0 Å². The Morgan fingerprint density at radius 3 is 2.50 bits per heavy atom. The van der Waals surface area contributed by atoms with Gasteiger partial charge in [-0.25, -0.2) is 0 Å². The van der Waals surface area contributed by atoms with Crippen LogP contribution in [0.15, 0.2) is 12.1 Å². The van der Waals surface area contributed by atoms with Crippen molar-refractivity contribution in [1.82, 2.24) is 5.32 Å². The van der Waals surface area contributed by atoms with Gasteiger partial charge in [0.25, 0.3) is 0 Å². The van der Waals surface area contributed by atoms with E-state index >= 15 is 0 Å². The molecule has 2 heteroatoms. The maximum atomic E-state index is 3.51. The highest BCUT2D eigenvalue weighted by atomic mass is 32.1. The molecule has 0 saturated heterocycles. The van der Waals surface area contributed by atoms with Gasteiger partial charge in [0.15, 0.2) is 0 Å². The summed E-state index contributed by atoms with van der Waals surface area (Å²) >= 11 is 1.89. The molecule has 14 heavy (non-hydrogen) atoms. The summed E-state index contributed by atoms with van der Waals surface area (Å²) in [7, 11) is 0. The molecule has 1 unspecified atom stereocenters. The number of hydrogen-bond donors (Lipinski definition) is 1. The van der Waals surface area contributed by atoms with Crippen LogP contribution in [-0.4, -0.2) is 6.54 Å². The fourth-order valence-corrected chi connectivity index (χ4v) is 2.10. The third-order valence-electron chi connectivity index (χ3n) is 2.70. The zero-order chi connectivity index (χ0) is 10.6. The largest absolute Gasteiger partial charge is 0.312 e. The minimum Gasteiger partial charge on any atom is -0.312 e. The van der Waals surface area contributed by atoms with E-state index < -0.39 is 0 Å². The molecule has 1 nitrogen and oxygen atoms in total. The van der Waals surface area contributed by atoms with Crippen molar-refractivity contribution in [3.63, 3.8) is 0 Å². The molecule has 1 N–H and O–H groups in total. The summed E-state index contributed by atoms with van der Waals surface area (Å²) in [6.07, 6.45) is 0. The van der Waals surface area contributed by atoms with Crippen molar-refractivity contribution in [3.05, 3.63) is 21.9 Å². The quantitative estimate of drug-likeness (QED) is 0.786. The number of thiophene rings is 1. The molecule has 1 atom stereocenters. The van der Waals surface area contributed by atoms with Gasteiger partial charge in [0.05, 0.1) is 0 Å². The van der Waals surface area contributed by atoms with Crippen LogP contribution in [0.5, 0.6) is 0 Å². The maximum absolute atomic E-state index is 3.51. The third kappa shape index (κ3) is 3.81. The van der Waals surface area contributed by atoms with Crippen LogP contribution in [0.1, 0.15) is 30.5 Å². The number of nitrogens with one attached hydrogen (secondary N) is 1. The summed E-state index contributed by atoms with van der Waals surface area (Å²) in [5.41, 5.74) is 0. The Bertz CT molecular complexity index is 265. The highest BCUT2D eigenvalue weighted by Gasteiger charge is 2.06. The Labute approximate surface area is 91.5 Å². The van der Waals surface area contributed by atoms with Crippen LogP contribution >= 0.6 is 11.3 Å². The van der Waals surface area contributed by atoms with Crippen LogP contribution in [0.25, 0.3) is 0 Å². The molecule has 0 amide bonds. The molecule has 0 spiro atoms. The number of rotatable bonds is 5. The zero-order valence-corrected chi connectivity index (χ0v) is 10.4. The maximum Gasteiger partial charge on any atom is 0.0299 e. The van der Waals surface area contributed by atoms with Crippen molar-refractivity contribution in [2.24, 2.45) is 11.8 Å². The normalized spacial score (nSPS) is 13.5. The molecule has 0 aliphatic carbocycles. The lowest BCUT2D eigenvalue weighted by Crippen LogP contribution is -2.23. The zero-order valence-electron chi connectivity index (χ0n) is 9.63. The van der Waals surface area contributed by atoms with E-state index in [4.69, 9.17) is 0 Å². The van der Waals surface area contributed by atoms with Gasteiger partial charge < -0.3 is 5.32 Å². The minimum absolute atomic E-state index is 0.760. The Hall–Kier alpha value is -0.340. The van der Waals surface area contributed by atoms with Crippen molar-refractivity contribution in [1.29, 1.82) is 0 Å². The average Bonchev–Trinajstić information content (AvgIpc) is 2.51. The molecule has 1 aromatic rings. The molecule has 1 heterocycles. The monoisotopic (exact) mass is 211 g/mol. The van der Waals surface area contributed by atoms with Gasteiger partial charge in [0, 0.05) is 16.3 Å². The molecule has 0 aliphatic rings. The fraction of sp³-hybridized carbons (Fsp3) is 0.667. The molecular formula is C12H21NS. The standard InChI is InChI=1S/C12H21NS/c1-9(2)10(3)7-13-8-12-6-5-11(4)14-12/h5-6,9-10,13H,7-8H2,1-4H3. The van der Waals surface area contributed by atoms with Crippen LogP contribution in [0.3, 0.4) is 0 Å². The first kappa shape index (κ1) is 11.7. The molecule has 0 saturated carbocycles. The molecule has 0 radical (unpaired) electrons. The van der Waals surface area contributed by atoms with E-state index in [1.807, 2.05) is 11.3 Å². The smallest absolute Gasteiger partial charge is 0.0299 e. The van der Waals surface area contributed by atoms with Gasteiger partial charge in [-0.05, 0) is 37.4 Å². The second-order valence-electron chi connectivity index (χ2n) is 4.36. The predicted octanol–water partition coefficient (Wildman–Crippen LogP) is 3.44. The van der Waals surface area contributed by atoms with Gasteiger partial charge in [0.1, 0.15) is 0 Å². The van der Waals surface area contributed by atoms with Crippen LogP contribution in [0, 0.1) is 18.8 Å². The molecule has 0 fully saturated rings. The highest BCUT2D eigenvalue weighted by molar-refractivity contribution is 7.11. The van der Waals surface area contributed by atoms with Crippen molar-refractivity contribution >= 4 is 11.3 Å². The SMILES string of the molecule is Cc1ccc(CNCC(C)C(C)C)s1. The van der Waals surface area contributed by atoms with Gasteiger partial charge in [-0.15, -0.1) is 11.3 Å². The second kappa shape index (κ2) is 5.52. The lowest BCUT2D eigenvalue weighted by Gasteiger charge is -2.15. The van der Waals surface area contributed by atoms with E-state index in [1.165, 1.54) is 9.75 Å². The molecule has 0 aromatic carbocycles. The summed E-state index contributed by atoms with van der Waals surface area (Å²) in [5.74, 6) is 1.53. The molecule has 1 rings (SSSR count). The molecular weight excluding hydrogens is 190 g/mol. The van der Waals surface area contributed by atoms with Gasteiger partial charge in [-0.1, -0.05) is 20.8 Å². The van der Waals surface area contributed by atoms with E-state index in [0.29, 0.717) is 0 Å². The molecule has 1 aromatic heterocycles. The summed E-state index contributed by atoms with van der Waals surface area (Å²) in [4.78, 5) is 2.84. The number of aryl methyl sites for hydroxylation is 1. The van der Waals surface area contributed by atoms with Gasteiger partial charge >= 0.3 is 0 Å². The van der Waals surface area contributed by atoms with E-state index in [0.717, 1.165) is 24.9 Å². The van der Waals surface area contributed by atoms with Crippen LogP contribution < -0.4 is 5.32 Å². The minimum atomic E-state index is 0.760. The van der Waals surface area contributed by atoms with Gasteiger partial charge in [0.2, 0.25) is 0 Å². The van der Waals surface area contributed by atoms with Crippen molar-refractivity contribution in [2.75, 3.05) is 6.54 Å². The van der Waals surface area contributed by atoms with Crippen LogP contribution in [-0.2, 0) is 6.54 Å². The Balaban J connectivity index is 2.22. The fourth-order valence-electron chi connectivity index (χ4n) is 1.24. The van der Waals surface area contributed by atoms with E-state index in [2.05, 4.69) is 45.1 Å². The lowest BCUT2D eigenvalue weighted by atomic mass is 9.98. The summed E-state index contributed by atoms with van der Waals surface area (Å²) in [5, 5.41) is 3.51. The van der Waals surface area contributed by atoms with Gasteiger partial charge in [-0.2, -0.15) is 0 Å². The Morgan fingerprint density at radius 2 is 2.00 bits per heavy atom. The second-order valence-corrected chi connectivity index (χ2v) is 5.74. The van der Waals surface area contributed by atoms with Crippen molar-refractivity contribution in [3.8, 4) is 0 Å². The Morgan fingerprint density at radius 1 is 1.29 bits per heavy atom. The molecule has 80 valence electrons. The molecule has 0 aliphatic heterocycles. The predicted molar refractivity (Wildman–Crippen MR) is 64.8 cm³/mol. The van der Waals surface area contributed by atoms with Crippen molar-refractivity contribution in [2.45, 2.75) is 34.2 Å². The average molecular weight is 211 g/mol. The van der Waals surface area contributed by atoms with Crippen LogP contribution in [0.4, 0.5) is 0 Å². The summed E-state index contributed by atoms with van der Waals surface area (Å²) < 4.78 is 0. The third-order valence-corrected chi connectivity index (χ3v) is 3.70. The first-order chi connectivity index (χ1) is 6.59. The van der Waals surface area contributed by atoms with Crippen LogP contribution in [0.2, 0.25) is 0 Å². The van der Waals surface area contributed by atoms with Crippen molar-refractivity contribution < 1.29 is 0 Å².